The summed E-state index contributed by atoms with van der Waals surface area (Å²) in [7, 11) is 3.29. The van der Waals surface area contributed by atoms with Crippen molar-refractivity contribution in [2.24, 2.45) is 4.99 Å². The first-order valence-corrected chi connectivity index (χ1v) is 9.92. The number of halogens is 2. The van der Waals surface area contributed by atoms with Gasteiger partial charge in [0.25, 0.3) is 0 Å². The lowest BCUT2D eigenvalue weighted by Gasteiger charge is -2.17. The molecule has 0 atom stereocenters. The maximum absolute atomic E-state index is 6.00. The molecule has 1 aliphatic rings. The van der Waals surface area contributed by atoms with E-state index in [4.69, 9.17) is 19.2 Å². The fraction of sp³-hybridized carbons (Fsp3) is 0.200. The Bertz CT molecular complexity index is 1070. The third kappa shape index (κ3) is 6.02. The van der Waals surface area contributed by atoms with E-state index in [9.17, 15) is 0 Å². The molecule has 0 fully saturated rings. The quantitative estimate of drug-likeness (QED) is 0.416. The van der Waals surface area contributed by atoms with Gasteiger partial charge in [0.1, 0.15) is 11.5 Å². The SMILES string of the molecule is COc1ccc(Oc2ccc(/C=C3/CCCN=C3c3cccnc3)cc2OC)cc1.Cl.Cl. The van der Waals surface area contributed by atoms with E-state index in [0.717, 1.165) is 47.7 Å². The summed E-state index contributed by atoms with van der Waals surface area (Å²) in [5.74, 6) is 2.85. The van der Waals surface area contributed by atoms with Crippen LogP contribution in [0.4, 0.5) is 0 Å². The van der Waals surface area contributed by atoms with Gasteiger partial charge in [-0.1, -0.05) is 6.07 Å². The summed E-state index contributed by atoms with van der Waals surface area (Å²) in [4.78, 5) is 8.99. The van der Waals surface area contributed by atoms with Gasteiger partial charge >= 0.3 is 0 Å². The fourth-order valence-corrected chi connectivity index (χ4v) is 3.43. The highest BCUT2D eigenvalue weighted by Gasteiger charge is 2.15. The van der Waals surface area contributed by atoms with E-state index in [1.807, 2.05) is 54.7 Å². The predicted octanol–water partition coefficient (Wildman–Crippen LogP) is 6.40. The average molecular weight is 473 g/mol. The number of nitrogens with zero attached hydrogens (tertiary/aromatic N) is 2. The van der Waals surface area contributed by atoms with E-state index in [1.54, 1.807) is 20.4 Å². The van der Waals surface area contributed by atoms with Gasteiger partial charge in [-0.2, -0.15) is 0 Å². The van der Waals surface area contributed by atoms with Crippen LogP contribution in [0.2, 0.25) is 0 Å². The summed E-state index contributed by atoms with van der Waals surface area (Å²) >= 11 is 0. The van der Waals surface area contributed by atoms with Crippen LogP contribution >= 0.6 is 24.8 Å². The number of benzene rings is 2. The zero-order chi connectivity index (χ0) is 20.8. The van der Waals surface area contributed by atoms with Crippen molar-refractivity contribution >= 4 is 36.6 Å². The molecule has 0 N–H and O–H groups in total. The molecule has 0 bridgehead atoms. The van der Waals surface area contributed by atoms with Gasteiger partial charge in [-0.05, 0) is 78.6 Å². The zero-order valence-corrected chi connectivity index (χ0v) is 19.6. The van der Waals surface area contributed by atoms with Crippen molar-refractivity contribution in [2.45, 2.75) is 12.8 Å². The molecular weight excluding hydrogens is 447 g/mol. The van der Waals surface area contributed by atoms with Crippen molar-refractivity contribution in [2.75, 3.05) is 20.8 Å². The standard InChI is InChI=1S/C25H24N2O3.2ClH/c1-28-21-8-10-22(11-9-21)30-23-12-7-18(16-24(23)29-2)15-19-5-4-14-27-25(19)20-6-3-13-26-17-20;;/h3,6-13,15-17H,4-5,14H2,1-2H3;2*1H/b19-15-;;. The van der Waals surface area contributed by atoms with Gasteiger partial charge in [-0.15, -0.1) is 24.8 Å². The highest BCUT2D eigenvalue weighted by molar-refractivity contribution is 6.15. The maximum Gasteiger partial charge on any atom is 0.169 e. The van der Waals surface area contributed by atoms with Crippen LogP contribution in [0, 0.1) is 0 Å². The molecule has 3 aromatic rings. The van der Waals surface area contributed by atoms with E-state index in [2.05, 4.69) is 17.1 Å². The second kappa shape index (κ2) is 12.1. The highest BCUT2D eigenvalue weighted by Crippen LogP contribution is 2.34. The Balaban J connectivity index is 0.00000181. The molecule has 0 spiro atoms. The van der Waals surface area contributed by atoms with Crippen LogP contribution in [0.15, 0.2) is 77.6 Å². The van der Waals surface area contributed by atoms with E-state index < -0.39 is 0 Å². The topological polar surface area (TPSA) is 52.9 Å². The molecular formula is C25H26Cl2N2O3. The zero-order valence-electron chi connectivity index (χ0n) is 18.0. The van der Waals surface area contributed by atoms with Crippen molar-refractivity contribution in [3.63, 3.8) is 0 Å². The van der Waals surface area contributed by atoms with E-state index >= 15 is 0 Å². The van der Waals surface area contributed by atoms with Gasteiger partial charge in [-0.25, -0.2) is 0 Å². The van der Waals surface area contributed by atoms with Crippen LogP contribution in [0.5, 0.6) is 23.0 Å². The molecule has 5 nitrogen and oxygen atoms in total. The van der Waals surface area contributed by atoms with Crippen LogP contribution < -0.4 is 14.2 Å². The number of allylic oxidation sites excluding steroid dienone is 1. The summed E-state index contributed by atoms with van der Waals surface area (Å²) in [6.45, 7) is 0.847. The molecule has 1 aromatic heterocycles. The number of pyridine rings is 1. The summed E-state index contributed by atoms with van der Waals surface area (Å²) in [5, 5.41) is 0. The number of ether oxygens (including phenoxy) is 3. The number of hydrogen-bond acceptors (Lipinski definition) is 5. The first kappa shape index (κ1) is 25.2. The monoisotopic (exact) mass is 472 g/mol. The molecule has 0 amide bonds. The second-order valence-electron chi connectivity index (χ2n) is 6.93. The summed E-state index contributed by atoms with van der Waals surface area (Å²) in [6.07, 6.45) is 7.85. The third-order valence-electron chi connectivity index (χ3n) is 4.93. The molecule has 0 aliphatic carbocycles. The Morgan fingerprint density at radius 3 is 2.34 bits per heavy atom. The van der Waals surface area contributed by atoms with Gasteiger partial charge < -0.3 is 14.2 Å². The van der Waals surface area contributed by atoms with Crippen molar-refractivity contribution in [3.8, 4) is 23.0 Å². The fourth-order valence-electron chi connectivity index (χ4n) is 3.43. The molecule has 2 heterocycles. The lowest BCUT2D eigenvalue weighted by molar-refractivity contribution is 0.378. The number of aromatic nitrogens is 1. The molecule has 32 heavy (non-hydrogen) atoms. The van der Waals surface area contributed by atoms with Crippen LogP contribution in [-0.4, -0.2) is 31.5 Å². The third-order valence-corrected chi connectivity index (χ3v) is 4.93. The summed E-state index contributed by atoms with van der Waals surface area (Å²) in [5.41, 5.74) is 4.32. The molecule has 0 saturated heterocycles. The largest absolute Gasteiger partial charge is 0.497 e. The Kier molecular flexibility index (Phi) is 9.57. The minimum absolute atomic E-state index is 0. The van der Waals surface area contributed by atoms with Gasteiger partial charge in [0.05, 0.1) is 19.9 Å². The molecule has 0 saturated carbocycles. The Labute approximate surface area is 201 Å². The number of aliphatic imine (C=N–C) groups is 1. The molecule has 2 aromatic carbocycles. The molecule has 0 radical (unpaired) electrons. The van der Waals surface area contributed by atoms with Crippen molar-refractivity contribution < 1.29 is 14.2 Å². The van der Waals surface area contributed by atoms with Crippen LogP contribution in [0.25, 0.3) is 6.08 Å². The van der Waals surface area contributed by atoms with Crippen LogP contribution in [0.1, 0.15) is 24.0 Å². The maximum atomic E-state index is 6.00. The Morgan fingerprint density at radius 1 is 0.875 bits per heavy atom. The van der Waals surface area contributed by atoms with Crippen molar-refractivity contribution in [3.05, 3.63) is 83.7 Å². The molecule has 168 valence electrons. The molecule has 0 unspecified atom stereocenters. The minimum Gasteiger partial charge on any atom is -0.497 e. The summed E-state index contributed by atoms with van der Waals surface area (Å²) in [6, 6.07) is 17.4. The van der Waals surface area contributed by atoms with E-state index in [-0.39, 0.29) is 24.8 Å². The first-order chi connectivity index (χ1) is 14.8. The smallest absolute Gasteiger partial charge is 0.169 e. The van der Waals surface area contributed by atoms with Crippen LogP contribution in [0.3, 0.4) is 0 Å². The Hall–Kier alpha value is -3.02. The molecule has 4 rings (SSSR count). The van der Waals surface area contributed by atoms with Crippen LogP contribution in [-0.2, 0) is 0 Å². The average Bonchev–Trinajstić information content (AvgIpc) is 2.81. The molecule has 7 heteroatoms. The number of hydrogen-bond donors (Lipinski definition) is 0. The predicted molar refractivity (Wildman–Crippen MR) is 133 cm³/mol. The first-order valence-electron chi connectivity index (χ1n) is 9.92. The lowest BCUT2D eigenvalue weighted by Crippen LogP contribution is -2.11. The van der Waals surface area contributed by atoms with Gasteiger partial charge in [0.2, 0.25) is 0 Å². The van der Waals surface area contributed by atoms with Gasteiger partial charge in [0.15, 0.2) is 11.5 Å². The van der Waals surface area contributed by atoms with Crippen molar-refractivity contribution in [1.82, 2.24) is 4.98 Å². The van der Waals surface area contributed by atoms with Gasteiger partial charge in [-0.3, -0.25) is 9.98 Å². The summed E-state index contributed by atoms with van der Waals surface area (Å²) < 4.78 is 16.8. The number of methoxy groups -OCH3 is 2. The number of rotatable bonds is 6. The second-order valence-corrected chi connectivity index (χ2v) is 6.93. The molecule has 1 aliphatic heterocycles. The van der Waals surface area contributed by atoms with E-state index in [1.165, 1.54) is 5.57 Å². The Morgan fingerprint density at radius 2 is 1.66 bits per heavy atom. The minimum atomic E-state index is 0. The normalized spacial score (nSPS) is 13.9. The van der Waals surface area contributed by atoms with Gasteiger partial charge in [0, 0.05) is 24.5 Å². The lowest BCUT2D eigenvalue weighted by atomic mass is 9.95. The van der Waals surface area contributed by atoms with Crippen molar-refractivity contribution in [1.29, 1.82) is 0 Å². The van der Waals surface area contributed by atoms with E-state index in [0.29, 0.717) is 11.5 Å². The highest BCUT2D eigenvalue weighted by atomic mass is 35.5.